The number of rotatable bonds is 7. The van der Waals surface area contributed by atoms with Crippen LogP contribution in [-0.2, 0) is 0 Å². The van der Waals surface area contributed by atoms with Gasteiger partial charge in [0.15, 0.2) is 0 Å². The summed E-state index contributed by atoms with van der Waals surface area (Å²) in [5.41, 5.74) is 2.12. The molecule has 136 valence electrons. The number of phenolic OH excluding ortho intramolecular Hbond substituents is 1. The van der Waals surface area contributed by atoms with E-state index in [-0.39, 0.29) is 0 Å². The normalized spacial score (nSPS) is 15.4. The van der Waals surface area contributed by atoms with Crippen LogP contribution in [0.1, 0.15) is 56.6 Å². The van der Waals surface area contributed by atoms with Crippen LogP contribution in [0.25, 0.3) is 10.8 Å². The predicted octanol–water partition coefficient (Wildman–Crippen LogP) is 5.23. The molecule has 1 heterocycles. The Hall–Kier alpha value is -1.74. The summed E-state index contributed by atoms with van der Waals surface area (Å²) in [5, 5.41) is 12.5. The van der Waals surface area contributed by atoms with E-state index >= 15 is 0 Å². The highest BCUT2D eigenvalue weighted by Crippen LogP contribution is 2.36. The summed E-state index contributed by atoms with van der Waals surface area (Å²) in [4.78, 5) is 2.55. The third kappa shape index (κ3) is 4.27. The van der Waals surface area contributed by atoms with Crippen molar-refractivity contribution < 1.29 is 9.84 Å². The lowest BCUT2D eigenvalue weighted by molar-refractivity contribution is 0.280. The summed E-state index contributed by atoms with van der Waals surface area (Å²) >= 11 is 0. The number of unbranched alkanes of at least 4 members (excludes halogenated alkanes) is 1. The molecule has 3 nitrogen and oxygen atoms in total. The summed E-state index contributed by atoms with van der Waals surface area (Å²) in [6.07, 6.45) is 4.97. The third-order valence-electron chi connectivity index (χ3n) is 5.25. The van der Waals surface area contributed by atoms with Crippen LogP contribution in [0.3, 0.4) is 0 Å². The highest BCUT2D eigenvalue weighted by molar-refractivity contribution is 5.91. The van der Waals surface area contributed by atoms with Crippen LogP contribution in [0.5, 0.6) is 11.5 Å². The molecule has 0 aliphatic carbocycles. The fourth-order valence-electron chi connectivity index (χ4n) is 3.73. The Morgan fingerprint density at radius 1 is 1.12 bits per heavy atom. The minimum Gasteiger partial charge on any atom is -0.508 e. The number of hydrogen-bond donors (Lipinski definition) is 1. The molecule has 0 aromatic heterocycles. The lowest BCUT2D eigenvalue weighted by Gasteiger charge is -2.16. The van der Waals surface area contributed by atoms with Gasteiger partial charge in [-0.1, -0.05) is 26.0 Å². The Morgan fingerprint density at radius 2 is 1.88 bits per heavy atom. The van der Waals surface area contributed by atoms with E-state index in [0.29, 0.717) is 11.7 Å². The highest BCUT2D eigenvalue weighted by Gasteiger charge is 2.13. The van der Waals surface area contributed by atoms with E-state index in [1.165, 1.54) is 38.9 Å². The number of hydrogen-bond acceptors (Lipinski definition) is 3. The lowest BCUT2D eigenvalue weighted by atomic mass is 9.96. The first-order chi connectivity index (χ1) is 12.1. The van der Waals surface area contributed by atoms with Crippen LogP contribution in [-0.4, -0.2) is 36.2 Å². The minimum absolute atomic E-state index is 0.306. The van der Waals surface area contributed by atoms with Crippen molar-refractivity contribution >= 4 is 10.8 Å². The maximum Gasteiger partial charge on any atom is 0.130 e. The monoisotopic (exact) mass is 341 g/mol. The van der Waals surface area contributed by atoms with E-state index in [1.54, 1.807) is 0 Å². The molecule has 0 spiro atoms. The number of phenols is 1. The molecule has 0 bridgehead atoms. The van der Waals surface area contributed by atoms with Crippen LogP contribution in [0.2, 0.25) is 0 Å². The first-order valence-electron chi connectivity index (χ1n) is 9.67. The Labute approximate surface area is 151 Å². The summed E-state index contributed by atoms with van der Waals surface area (Å²) in [6, 6.07) is 8.20. The largest absolute Gasteiger partial charge is 0.508 e. The molecule has 3 heteroatoms. The molecule has 1 fully saturated rings. The van der Waals surface area contributed by atoms with Crippen molar-refractivity contribution in [3.63, 3.8) is 0 Å². The van der Waals surface area contributed by atoms with Gasteiger partial charge >= 0.3 is 0 Å². The molecule has 1 aliphatic heterocycles. The molecule has 1 saturated heterocycles. The van der Waals surface area contributed by atoms with E-state index in [1.807, 2.05) is 6.07 Å². The number of fused-ring (bicyclic) bond motifs is 1. The van der Waals surface area contributed by atoms with E-state index in [4.69, 9.17) is 4.74 Å². The maximum absolute atomic E-state index is 10.4. The van der Waals surface area contributed by atoms with Crippen LogP contribution in [0, 0.1) is 6.92 Å². The van der Waals surface area contributed by atoms with Gasteiger partial charge in [0.1, 0.15) is 11.5 Å². The van der Waals surface area contributed by atoms with Crippen molar-refractivity contribution in [1.82, 2.24) is 4.90 Å². The highest BCUT2D eigenvalue weighted by atomic mass is 16.5. The number of nitrogens with zero attached hydrogens (tertiary/aromatic N) is 1. The van der Waals surface area contributed by atoms with Crippen molar-refractivity contribution in [2.75, 3.05) is 26.2 Å². The minimum atomic E-state index is 0.306. The van der Waals surface area contributed by atoms with E-state index < -0.39 is 0 Å². The van der Waals surface area contributed by atoms with Gasteiger partial charge in [-0.05, 0) is 86.8 Å². The maximum atomic E-state index is 10.4. The zero-order chi connectivity index (χ0) is 17.8. The molecule has 1 aliphatic rings. The Balaban J connectivity index is 1.67. The second-order valence-electron chi connectivity index (χ2n) is 7.60. The molecule has 2 aromatic rings. The van der Waals surface area contributed by atoms with Gasteiger partial charge in [-0.3, -0.25) is 0 Å². The standard InChI is InChI=1S/C22H31NO2/c1-16(2)19-14-18-9-8-17(3)22(20(18)15-21(19)24)25-13-7-6-12-23-10-4-5-11-23/h8-9,14-16,24H,4-7,10-13H2,1-3H3. The van der Waals surface area contributed by atoms with Gasteiger partial charge < -0.3 is 14.7 Å². The number of aromatic hydroxyl groups is 1. The zero-order valence-electron chi connectivity index (χ0n) is 15.8. The van der Waals surface area contributed by atoms with Crippen LogP contribution in [0.15, 0.2) is 24.3 Å². The fraction of sp³-hybridized carbons (Fsp3) is 0.545. The Morgan fingerprint density at radius 3 is 2.60 bits per heavy atom. The number of likely N-dealkylation sites (tertiary alicyclic amines) is 1. The quantitative estimate of drug-likeness (QED) is 0.700. The number of aryl methyl sites for hydroxylation is 1. The second-order valence-corrected chi connectivity index (χ2v) is 7.60. The number of benzene rings is 2. The molecule has 0 unspecified atom stereocenters. The van der Waals surface area contributed by atoms with E-state index in [2.05, 4.69) is 43.9 Å². The predicted molar refractivity (Wildman–Crippen MR) is 105 cm³/mol. The van der Waals surface area contributed by atoms with Crippen molar-refractivity contribution in [2.45, 2.75) is 52.4 Å². The molecule has 0 atom stereocenters. The first-order valence-corrected chi connectivity index (χ1v) is 9.67. The van der Waals surface area contributed by atoms with Crippen LogP contribution in [0.4, 0.5) is 0 Å². The SMILES string of the molecule is Cc1ccc2cc(C(C)C)c(O)cc2c1OCCCCN1CCCC1. The van der Waals surface area contributed by atoms with Crippen molar-refractivity contribution in [2.24, 2.45) is 0 Å². The van der Waals surface area contributed by atoms with Gasteiger partial charge in [0, 0.05) is 5.39 Å². The van der Waals surface area contributed by atoms with Gasteiger partial charge in [0.05, 0.1) is 6.61 Å². The lowest BCUT2D eigenvalue weighted by Crippen LogP contribution is -2.20. The molecule has 25 heavy (non-hydrogen) atoms. The first kappa shape index (κ1) is 18.1. The average Bonchev–Trinajstić information content (AvgIpc) is 3.09. The average molecular weight is 341 g/mol. The molecule has 1 N–H and O–H groups in total. The summed E-state index contributed by atoms with van der Waals surface area (Å²) in [6.45, 7) is 10.7. The Kier molecular flexibility index (Phi) is 5.85. The summed E-state index contributed by atoms with van der Waals surface area (Å²) < 4.78 is 6.14. The Bertz CT molecular complexity index is 718. The smallest absolute Gasteiger partial charge is 0.130 e. The van der Waals surface area contributed by atoms with Crippen molar-refractivity contribution in [3.8, 4) is 11.5 Å². The van der Waals surface area contributed by atoms with Gasteiger partial charge in [-0.15, -0.1) is 0 Å². The van der Waals surface area contributed by atoms with E-state index in [9.17, 15) is 5.11 Å². The molecule has 3 rings (SSSR count). The second kappa shape index (κ2) is 8.09. The van der Waals surface area contributed by atoms with Gasteiger partial charge in [-0.2, -0.15) is 0 Å². The molecule has 2 aromatic carbocycles. The van der Waals surface area contributed by atoms with Crippen LogP contribution >= 0.6 is 0 Å². The molecular weight excluding hydrogens is 310 g/mol. The number of ether oxygens (including phenoxy) is 1. The van der Waals surface area contributed by atoms with Gasteiger partial charge in [-0.25, -0.2) is 0 Å². The van der Waals surface area contributed by atoms with E-state index in [0.717, 1.165) is 40.7 Å². The third-order valence-corrected chi connectivity index (χ3v) is 5.25. The fourth-order valence-corrected chi connectivity index (χ4v) is 3.73. The van der Waals surface area contributed by atoms with Crippen LogP contribution < -0.4 is 4.74 Å². The zero-order valence-corrected chi connectivity index (χ0v) is 15.8. The molecule has 0 amide bonds. The van der Waals surface area contributed by atoms with Gasteiger partial charge in [0.25, 0.3) is 0 Å². The van der Waals surface area contributed by atoms with Crippen molar-refractivity contribution in [1.29, 1.82) is 0 Å². The molecular formula is C22H31NO2. The summed E-state index contributed by atoms with van der Waals surface area (Å²) in [5.74, 6) is 1.59. The molecule has 0 radical (unpaired) electrons. The molecule has 0 saturated carbocycles. The van der Waals surface area contributed by atoms with Gasteiger partial charge in [0.2, 0.25) is 0 Å². The summed E-state index contributed by atoms with van der Waals surface area (Å²) in [7, 11) is 0. The topological polar surface area (TPSA) is 32.7 Å². The van der Waals surface area contributed by atoms with Crippen molar-refractivity contribution in [3.05, 3.63) is 35.4 Å².